The first-order valence-electron chi connectivity index (χ1n) is 9.41. The van der Waals surface area contributed by atoms with Crippen LogP contribution in [0.4, 0.5) is 17.5 Å². The van der Waals surface area contributed by atoms with Crippen LogP contribution < -0.4 is 10.6 Å². The maximum Gasteiger partial charge on any atom is 0.287 e. The standard InChI is InChI=1S/C20H16Cl2N8O2/c21-12-1-3-14(16(22)9-12)19-15(17-5-6-27-29-17)11-26-20(28-19)24-8-7-23-18-4-2-13(10-25-18)30(31)32/h1-6,9-11H,7-8H2,(H,23,25)(H,27,29)(H,24,26,28). The second kappa shape index (κ2) is 9.58. The Hall–Kier alpha value is -3.76. The Labute approximate surface area is 192 Å². The van der Waals surface area contributed by atoms with E-state index < -0.39 is 4.92 Å². The predicted molar refractivity (Wildman–Crippen MR) is 123 cm³/mol. The van der Waals surface area contributed by atoms with Crippen LogP contribution in [0.5, 0.6) is 0 Å². The molecule has 0 saturated heterocycles. The Kier molecular flexibility index (Phi) is 6.43. The van der Waals surface area contributed by atoms with Crippen LogP contribution in [-0.2, 0) is 0 Å². The van der Waals surface area contributed by atoms with Crippen molar-refractivity contribution in [3.05, 3.63) is 75.1 Å². The molecule has 3 aromatic heterocycles. The number of hydrogen-bond acceptors (Lipinski definition) is 8. The van der Waals surface area contributed by atoms with Crippen molar-refractivity contribution < 1.29 is 4.92 Å². The van der Waals surface area contributed by atoms with Crippen molar-refractivity contribution in [3.8, 4) is 22.5 Å². The smallest absolute Gasteiger partial charge is 0.287 e. The molecule has 3 N–H and O–H groups in total. The number of nitrogens with one attached hydrogen (secondary N) is 3. The summed E-state index contributed by atoms with van der Waals surface area (Å²) >= 11 is 12.5. The van der Waals surface area contributed by atoms with Crippen LogP contribution in [0.2, 0.25) is 10.0 Å². The van der Waals surface area contributed by atoms with E-state index in [4.69, 9.17) is 23.2 Å². The van der Waals surface area contributed by atoms with E-state index in [0.29, 0.717) is 46.2 Å². The van der Waals surface area contributed by atoms with E-state index in [1.165, 1.54) is 12.3 Å². The van der Waals surface area contributed by atoms with Crippen LogP contribution >= 0.6 is 23.2 Å². The second-order valence-electron chi connectivity index (χ2n) is 6.56. The molecule has 12 heteroatoms. The highest BCUT2D eigenvalue weighted by Crippen LogP contribution is 2.35. The minimum atomic E-state index is -0.493. The third-order valence-electron chi connectivity index (χ3n) is 4.44. The van der Waals surface area contributed by atoms with E-state index in [1.807, 2.05) is 6.07 Å². The third kappa shape index (κ3) is 4.93. The second-order valence-corrected chi connectivity index (χ2v) is 7.41. The average Bonchev–Trinajstić information content (AvgIpc) is 3.32. The number of nitro groups is 1. The van der Waals surface area contributed by atoms with Crippen molar-refractivity contribution in [1.29, 1.82) is 0 Å². The van der Waals surface area contributed by atoms with Crippen molar-refractivity contribution in [2.75, 3.05) is 23.7 Å². The predicted octanol–water partition coefficient (Wildman–Crippen LogP) is 4.67. The van der Waals surface area contributed by atoms with Gasteiger partial charge in [-0.3, -0.25) is 15.2 Å². The number of pyridine rings is 1. The molecule has 10 nitrogen and oxygen atoms in total. The summed E-state index contributed by atoms with van der Waals surface area (Å²) in [6, 6.07) is 9.97. The van der Waals surface area contributed by atoms with Crippen LogP contribution in [0, 0.1) is 10.1 Å². The number of hydrogen-bond donors (Lipinski definition) is 3. The fourth-order valence-corrected chi connectivity index (χ4v) is 3.42. The number of rotatable bonds is 8. The zero-order valence-electron chi connectivity index (χ0n) is 16.4. The van der Waals surface area contributed by atoms with Gasteiger partial charge in [-0.25, -0.2) is 15.0 Å². The van der Waals surface area contributed by atoms with Crippen LogP contribution in [0.25, 0.3) is 22.5 Å². The summed E-state index contributed by atoms with van der Waals surface area (Å²) < 4.78 is 0. The van der Waals surface area contributed by atoms with Gasteiger partial charge in [0.15, 0.2) is 0 Å². The van der Waals surface area contributed by atoms with Crippen molar-refractivity contribution in [3.63, 3.8) is 0 Å². The molecule has 32 heavy (non-hydrogen) atoms. The Morgan fingerprint density at radius 1 is 1.00 bits per heavy atom. The lowest BCUT2D eigenvalue weighted by Gasteiger charge is -2.12. The maximum absolute atomic E-state index is 10.7. The number of aromatic nitrogens is 5. The Morgan fingerprint density at radius 2 is 1.84 bits per heavy atom. The summed E-state index contributed by atoms with van der Waals surface area (Å²) in [4.78, 5) is 23.2. The highest BCUT2D eigenvalue weighted by atomic mass is 35.5. The third-order valence-corrected chi connectivity index (χ3v) is 4.99. The minimum Gasteiger partial charge on any atom is -0.368 e. The quantitative estimate of drug-likeness (QED) is 0.192. The lowest BCUT2D eigenvalue weighted by Crippen LogP contribution is -2.16. The molecule has 0 fully saturated rings. The first kappa shape index (κ1) is 21.5. The number of anilines is 2. The summed E-state index contributed by atoms with van der Waals surface area (Å²) in [5.41, 5.74) is 2.76. The van der Waals surface area contributed by atoms with Gasteiger partial charge in [-0.2, -0.15) is 5.10 Å². The molecule has 0 amide bonds. The minimum absolute atomic E-state index is 0.0622. The van der Waals surface area contributed by atoms with Gasteiger partial charge in [0.25, 0.3) is 5.69 Å². The molecule has 0 aliphatic rings. The molecule has 0 aliphatic carbocycles. The van der Waals surface area contributed by atoms with Crippen molar-refractivity contribution in [2.45, 2.75) is 0 Å². The van der Waals surface area contributed by atoms with E-state index in [-0.39, 0.29) is 5.69 Å². The summed E-state index contributed by atoms with van der Waals surface area (Å²) in [5, 5.41) is 24.8. The summed E-state index contributed by atoms with van der Waals surface area (Å²) in [5.74, 6) is 0.939. The Morgan fingerprint density at radius 3 is 2.53 bits per heavy atom. The molecule has 4 rings (SSSR count). The molecular formula is C20H16Cl2N8O2. The van der Waals surface area contributed by atoms with E-state index in [9.17, 15) is 10.1 Å². The molecule has 0 saturated carbocycles. The van der Waals surface area contributed by atoms with Gasteiger partial charge >= 0.3 is 0 Å². The monoisotopic (exact) mass is 470 g/mol. The molecule has 0 spiro atoms. The number of nitrogens with zero attached hydrogens (tertiary/aromatic N) is 5. The average molecular weight is 471 g/mol. The summed E-state index contributed by atoms with van der Waals surface area (Å²) in [6.45, 7) is 0.976. The number of aromatic amines is 1. The van der Waals surface area contributed by atoms with E-state index in [2.05, 4.69) is 35.8 Å². The maximum atomic E-state index is 10.7. The van der Waals surface area contributed by atoms with Gasteiger partial charge < -0.3 is 10.6 Å². The van der Waals surface area contributed by atoms with Gasteiger partial charge in [0, 0.05) is 47.7 Å². The van der Waals surface area contributed by atoms with E-state index in [0.717, 1.165) is 11.3 Å². The zero-order valence-corrected chi connectivity index (χ0v) is 17.9. The van der Waals surface area contributed by atoms with Crippen LogP contribution in [0.3, 0.4) is 0 Å². The van der Waals surface area contributed by atoms with Gasteiger partial charge in [-0.1, -0.05) is 23.2 Å². The Bertz CT molecular complexity index is 1230. The lowest BCUT2D eigenvalue weighted by molar-refractivity contribution is -0.385. The molecule has 3 heterocycles. The summed E-state index contributed by atoms with van der Waals surface area (Å²) in [7, 11) is 0. The van der Waals surface area contributed by atoms with Crippen molar-refractivity contribution in [2.24, 2.45) is 0 Å². The highest BCUT2D eigenvalue weighted by molar-refractivity contribution is 6.36. The van der Waals surface area contributed by atoms with Gasteiger partial charge in [-0.15, -0.1) is 0 Å². The SMILES string of the molecule is O=[N+]([O-])c1ccc(NCCNc2ncc(-c3ccn[nH]3)c(-c3ccc(Cl)cc3Cl)n2)nc1. The van der Waals surface area contributed by atoms with Crippen LogP contribution in [0.15, 0.2) is 55.0 Å². The number of H-pyrrole nitrogens is 1. The molecule has 0 unspecified atom stereocenters. The van der Waals surface area contributed by atoms with E-state index in [1.54, 1.807) is 36.7 Å². The molecule has 0 radical (unpaired) electrons. The summed E-state index contributed by atoms with van der Waals surface area (Å²) in [6.07, 6.45) is 4.54. The number of halogens is 2. The molecule has 4 aromatic rings. The Balaban J connectivity index is 1.49. The highest BCUT2D eigenvalue weighted by Gasteiger charge is 2.15. The van der Waals surface area contributed by atoms with Crippen LogP contribution in [-0.4, -0.2) is 43.2 Å². The normalized spacial score (nSPS) is 10.7. The van der Waals surface area contributed by atoms with Gasteiger partial charge in [0.1, 0.15) is 12.0 Å². The molecule has 0 aliphatic heterocycles. The molecule has 0 atom stereocenters. The van der Waals surface area contributed by atoms with E-state index >= 15 is 0 Å². The van der Waals surface area contributed by atoms with Gasteiger partial charge in [0.2, 0.25) is 5.95 Å². The molecule has 1 aromatic carbocycles. The van der Waals surface area contributed by atoms with Crippen molar-refractivity contribution in [1.82, 2.24) is 25.1 Å². The van der Waals surface area contributed by atoms with Gasteiger partial charge in [-0.05, 0) is 30.3 Å². The van der Waals surface area contributed by atoms with Crippen molar-refractivity contribution >= 4 is 40.7 Å². The number of benzene rings is 1. The fraction of sp³-hybridized carbons (Fsp3) is 0.100. The zero-order chi connectivity index (χ0) is 22.5. The van der Waals surface area contributed by atoms with Gasteiger partial charge in [0.05, 0.1) is 21.3 Å². The fourth-order valence-electron chi connectivity index (χ4n) is 2.92. The molecule has 162 valence electrons. The molecular weight excluding hydrogens is 455 g/mol. The first-order valence-corrected chi connectivity index (χ1v) is 10.2. The molecule has 0 bridgehead atoms. The largest absolute Gasteiger partial charge is 0.368 e. The topological polar surface area (TPSA) is 135 Å². The van der Waals surface area contributed by atoms with Crippen LogP contribution in [0.1, 0.15) is 0 Å². The lowest BCUT2D eigenvalue weighted by atomic mass is 10.1. The first-order chi connectivity index (χ1) is 15.5.